The number of aromatic amines is 1. The number of carbonyl (C=O) groups is 1. The summed E-state index contributed by atoms with van der Waals surface area (Å²) in [6.45, 7) is 0. The Morgan fingerprint density at radius 2 is 1.75 bits per heavy atom. The predicted octanol–water partition coefficient (Wildman–Crippen LogP) is 6.40. The molecular formula is C27H17BrN2O2. The summed E-state index contributed by atoms with van der Waals surface area (Å²) in [5.74, 6) is -0.354. The summed E-state index contributed by atoms with van der Waals surface area (Å²) in [6.07, 6.45) is 4.94. The van der Waals surface area contributed by atoms with E-state index in [1.807, 2.05) is 78.9 Å². The van der Waals surface area contributed by atoms with Gasteiger partial charge in [-0.3, -0.25) is 14.6 Å². The molecule has 0 aliphatic rings. The van der Waals surface area contributed by atoms with Crippen LogP contribution in [0.2, 0.25) is 0 Å². The summed E-state index contributed by atoms with van der Waals surface area (Å²) in [4.78, 5) is 33.6. The van der Waals surface area contributed by atoms with E-state index in [2.05, 4.69) is 25.9 Å². The number of aromatic nitrogens is 2. The van der Waals surface area contributed by atoms with Crippen LogP contribution >= 0.6 is 15.9 Å². The highest BCUT2D eigenvalue weighted by atomic mass is 79.9. The molecule has 0 fully saturated rings. The topological polar surface area (TPSA) is 62.8 Å². The van der Waals surface area contributed by atoms with Crippen LogP contribution in [-0.2, 0) is 0 Å². The van der Waals surface area contributed by atoms with Gasteiger partial charge in [-0.05, 0) is 47.5 Å². The van der Waals surface area contributed by atoms with E-state index in [0.717, 1.165) is 31.9 Å². The third-order valence-electron chi connectivity index (χ3n) is 5.38. The highest BCUT2D eigenvalue weighted by Crippen LogP contribution is 2.32. The van der Waals surface area contributed by atoms with Gasteiger partial charge in [-0.15, -0.1) is 0 Å². The Labute approximate surface area is 192 Å². The third kappa shape index (κ3) is 3.67. The lowest BCUT2D eigenvalue weighted by molar-refractivity contribution is 0.104. The summed E-state index contributed by atoms with van der Waals surface area (Å²) >= 11 is 3.51. The smallest absolute Gasteiger partial charge is 0.260 e. The molecule has 0 radical (unpaired) electrons. The van der Waals surface area contributed by atoms with Crippen LogP contribution in [-0.4, -0.2) is 15.8 Å². The van der Waals surface area contributed by atoms with E-state index >= 15 is 0 Å². The molecule has 0 aliphatic heterocycles. The van der Waals surface area contributed by atoms with Crippen molar-refractivity contribution >= 4 is 49.6 Å². The van der Waals surface area contributed by atoms with Crippen LogP contribution in [0.4, 0.5) is 0 Å². The Bertz CT molecular complexity index is 1560. The predicted molar refractivity (Wildman–Crippen MR) is 133 cm³/mol. The molecule has 0 bridgehead atoms. The highest BCUT2D eigenvalue weighted by Gasteiger charge is 2.19. The number of pyridine rings is 2. The Balaban J connectivity index is 1.70. The van der Waals surface area contributed by atoms with Crippen LogP contribution < -0.4 is 5.56 Å². The summed E-state index contributed by atoms with van der Waals surface area (Å²) in [6, 6.07) is 24.7. The molecule has 5 aromatic rings. The molecule has 0 saturated carbocycles. The van der Waals surface area contributed by atoms with Gasteiger partial charge in [0.05, 0.1) is 11.1 Å². The summed E-state index contributed by atoms with van der Waals surface area (Å²) in [5.41, 5.74) is 3.54. The fourth-order valence-corrected chi connectivity index (χ4v) is 4.29. The zero-order valence-electron chi connectivity index (χ0n) is 16.9. The lowest BCUT2D eigenvalue weighted by Gasteiger charge is -2.12. The van der Waals surface area contributed by atoms with Gasteiger partial charge >= 0.3 is 0 Å². The number of nitrogens with one attached hydrogen (secondary N) is 1. The molecule has 2 aromatic heterocycles. The van der Waals surface area contributed by atoms with E-state index in [4.69, 9.17) is 0 Å². The number of nitrogens with zero attached hydrogens (tertiary/aromatic N) is 1. The molecule has 0 aliphatic carbocycles. The number of carbonyl (C=O) groups excluding carboxylic acids is 1. The zero-order chi connectivity index (χ0) is 22.1. The van der Waals surface area contributed by atoms with Gasteiger partial charge in [0.25, 0.3) is 5.56 Å². The van der Waals surface area contributed by atoms with E-state index in [0.29, 0.717) is 11.1 Å². The summed E-state index contributed by atoms with van der Waals surface area (Å²) in [7, 11) is 0. The quantitative estimate of drug-likeness (QED) is 0.239. The third-order valence-corrected chi connectivity index (χ3v) is 5.87. The second-order valence-corrected chi connectivity index (χ2v) is 8.29. The molecule has 154 valence electrons. The van der Waals surface area contributed by atoms with Crippen molar-refractivity contribution < 1.29 is 4.79 Å². The molecular weight excluding hydrogens is 464 g/mol. The summed E-state index contributed by atoms with van der Waals surface area (Å²) in [5, 5.41) is 1.75. The first-order valence-electron chi connectivity index (χ1n) is 10.1. The first kappa shape index (κ1) is 20.1. The molecule has 0 unspecified atom stereocenters. The minimum atomic E-state index is -0.409. The fraction of sp³-hybridized carbons (Fsp3) is 0. The van der Waals surface area contributed by atoms with Crippen molar-refractivity contribution in [1.82, 2.24) is 9.97 Å². The highest BCUT2D eigenvalue weighted by molar-refractivity contribution is 9.10. The first-order valence-corrected chi connectivity index (χ1v) is 10.9. The molecule has 5 rings (SSSR count). The lowest BCUT2D eigenvalue weighted by Crippen LogP contribution is -2.18. The lowest BCUT2D eigenvalue weighted by atomic mass is 9.93. The second kappa shape index (κ2) is 8.36. The van der Waals surface area contributed by atoms with Gasteiger partial charge in [-0.25, -0.2) is 0 Å². The zero-order valence-corrected chi connectivity index (χ0v) is 18.5. The van der Waals surface area contributed by atoms with Crippen LogP contribution in [0.5, 0.6) is 0 Å². The maximum atomic E-state index is 13.4. The number of ketones is 1. The van der Waals surface area contributed by atoms with Crippen LogP contribution in [0.25, 0.3) is 39.0 Å². The Morgan fingerprint density at radius 1 is 0.906 bits per heavy atom. The van der Waals surface area contributed by atoms with Gasteiger partial charge in [0.1, 0.15) is 0 Å². The second-order valence-electron chi connectivity index (χ2n) is 7.37. The molecule has 0 amide bonds. The molecule has 3 aromatic carbocycles. The normalized spacial score (nSPS) is 11.4. The number of fused-ring (bicyclic) bond motifs is 2. The number of hydrogen-bond acceptors (Lipinski definition) is 3. The molecule has 1 N–H and O–H groups in total. The monoisotopic (exact) mass is 480 g/mol. The van der Waals surface area contributed by atoms with Crippen LogP contribution in [0.15, 0.2) is 100 Å². The van der Waals surface area contributed by atoms with Crippen molar-refractivity contribution in [3.05, 3.63) is 117 Å². The average Bonchev–Trinajstić information content (AvgIpc) is 2.82. The van der Waals surface area contributed by atoms with Gasteiger partial charge in [0, 0.05) is 32.5 Å². The van der Waals surface area contributed by atoms with E-state index in [1.165, 1.54) is 6.08 Å². The van der Waals surface area contributed by atoms with Crippen molar-refractivity contribution in [1.29, 1.82) is 0 Å². The first-order chi connectivity index (χ1) is 15.6. The van der Waals surface area contributed by atoms with Crippen molar-refractivity contribution in [2.45, 2.75) is 0 Å². The molecule has 4 nitrogen and oxygen atoms in total. The Morgan fingerprint density at radius 3 is 2.59 bits per heavy atom. The maximum Gasteiger partial charge on any atom is 0.260 e. The maximum absolute atomic E-state index is 13.4. The van der Waals surface area contributed by atoms with Gasteiger partial charge in [0.2, 0.25) is 0 Å². The number of benzene rings is 3. The van der Waals surface area contributed by atoms with E-state index in [1.54, 1.807) is 12.3 Å². The van der Waals surface area contributed by atoms with Crippen LogP contribution in [0.1, 0.15) is 15.9 Å². The molecule has 0 atom stereocenters. The molecule has 5 heteroatoms. The van der Waals surface area contributed by atoms with Crippen molar-refractivity contribution in [2.24, 2.45) is 0 Å². The molecule has 32 heavy (non-hydrogen) atoms. The molecule has 0 saturated heterocycles. The number of rotatable bonds is 4. The van der Waals surface area contributed by atoms with Crippen molar-refractivity contribution in [2.75, 3.05) is 0 Å². The minimum absolute atomic E-state index is 0.122. The number of halogens is 1. The van der Waals surface area contributed by atoms with E-state index < -0.39 is 5.56 Å². The molecule has 2 heterocycles. The largest absolute Gasteiger partial charge is 0.321 e. The average molecular weight is 481 g/mol. The van der Waals surface area contributed by atoms with E-state index in [-0.39, 0.29) is 11.3 Å². The van der Waals surface area contributed by atoms with Gasteiger partial charge in [-0.2, -0.15) is 0 Å². The van der Waals surface area contributed by atoms with Gasteiger partial charge < -0.3 is 4.98 Å². The van der Waals surface area contributed by atoms with Gasteiger partial charge in [0.15, 0.2) is 5.78 Å². The number of hydrogen-bond donors (Lipinski definition) is 1. The number of H-pyrrole nitrogens is 1. The summed E-state index contributed by atoms with van der Waals surface area (Å²) < 4.78 is 0.867. The van der Waals surface area contributed by atoms with E-state index in [9.17, 15) is 9.59 Å². The number of allylic oxidation sites excluding steroid dienone is 1. The fourth-order valence-electron chi connectivity index (χ4n) is 3.93. The minimum Gasteiger partial charge on any atom is -0.321 e. The van der Waals surface area contributed by atoms with Gasteiger partial charge in [-0.1, -0.05) is 70.5 Å². The Hall–Kier alpha value is -3.83. The molecule has 0 spiro atoms. The SMILES string of the molecule is O=C(/C=C/c1cccc2ncccc12)c1c(-c2ccccc2)c2cc(Br)ccc2[nH]c1=O. The van der Waals surface area contributed by atoms with Crippen LogP contribution in [0.3, 0.4) is 0 Å². The van der Waals surface area contributed by atoms with Crippen LogP contribution in [0, 0.1) is 0 Å². The van der Waals surface area contributed by atoms with Crippen molar-refractivity contribution in [3.8, 4) is 11.1 Å². The van der Waals surface area contributed by atoms with Crippen molar-refractivity contribution in [3.63, 3.8) is 0 Å². The Kier molecular flexibility index (Phi) is 5.25. The standard InChI is InChI=1S/C27H17BrN2O2/c28-19-12-13-23-21(16-19)25(18-6-2-1-3-7-18)26(27(32)30-23)24(31)14-11-17-8-4-10-22-20(17)9-5-15-29-22/h1-16H,(H,30,32)/b14-11+.